The van der Waals surface area contributed by atoms with Gasteiger partial charge in [0.2, 0.25) is 0 Å². The van der Waals surface area contributed by atoms with E-state index in [4.69, 9.17) is 5.11 Å². The number of phenols is 1. The smallest absolute Gasteiger partial charge is 0.257 e. The molecule has 0 bridgehead atoms. The first kappa shape index (κ1) is 10.6. The van der Waals surface area contributed by atoms with E-state index in [1.807, 2.05) is 12.3 Å². The standard InChI is InChI=1S/C11H10N2O2S/c1-7-6-16-11(12-7)13-10(15)8-2-4-9(14)5-3-8/h2-6,14H,1H3,(H,12,13,15). The van der Waals surface area contributed by atoms with Crippen LogP contribution in [0.3, 0.4) is 0 Å². The van der Waals surface area contributed by atoms with Gasteiger partial charge in [0.15, 0.2) is 5.13 Å². The number of hydrogen-bond donors (Lipinski definition) is 2. The Bertz CT molecular complexity index is 505. The van der Waals surface area contributed by atoms with Crippen molar-refractivity contribution in [1.29, 1.82) is 0 Å². The molecule has 0 aliphatic heterocycles. The minimum absolute atomic E-state index is 0.140. The van der Waals surface area contributed by atoms with Crippen molar-refractivity contribution in [2.24, 2.45) is 0 Å². The fourth-order valence-electron chi connectivity index (χ4n) is 1.19. The Morgan fingerprint density at radius 3 is 2.62 bits per heavy atom. The predicted octanol–water partition coefficient (Wildman–Crippen LogP) is 2.41. The highest BCUT2D eigenvalue weighted by Crippen LogP contribution is 2.16. The molecule has 0 spiro atoms. The number of thiazole rings is 1. The molecule has 0 aliphatic rings. The first-order chi connectivity index (χ1) is 7.65. The number of nitrogens with one attached hydrogen (secondary N) is 1. The maximum atomic E-state index is 11.7. The van der Waals surface area contributed by atoms with E-state index in [0.717, 1.165) is 5.69 Å². The molecule has 0 aliphatic carbocycles. The maximum Gasteiger partial charge on any atom is 0.257 e. The number of benzene rings is 1. The highest BCUT2D eigenvalue weighted by Gasteiger charge is 2.07. The van der Waals surface area contributed by atoms with E-state index in [1.165, 1.54) is 23.5 Å². The fraction of sp³-hybridized carbons (Fsp3) is 0.0909. The minimum Gasteiger partial charge on any atom is -0.508 e. The number of carbonyl (C=O) groups is 1. The number of amides is 1. The number of aryl methyl sites for hydroxylation is 1. The molecular weight excluding hydrogens is 224 g/mol. The van der Waals surface area contributed by atoms with Crippen molar-refractivity contribution >= 4 is 22.4 Å². The second kappa shape index (κ2) is 4.32. The molecule has 82 valence electrons. The van der Waals surface area contributed by atoms with Gasteiger partial charge >= 0.3 is 0 Å². The van der Waals surface area contributed by atoms with Gasteiger partial charge in [0.05, 0.1) is 5.69 Å². The van der Waals surface area contributed by atoms with Gasteiger partial charge in [-0.3, -0.25) is 10.1 Å². The molecule has 0 radical (unpaired) electrons. The third-order valence-electron chi connectivity index (χ3n) is 1.97. The molecule has 0 unspecified atom stereocenters. The largest absolute Gasteiger partial charge is 0.508 e. The Labute approximate surface area is 96.6 Å². The second-order valence-electron chi connectivity index (χ2n) is 3.30. The molecule has 0 saturated carbocycles. The van der Waals surface area contributed by atoms with Crippen LogP contribution in [0.1, 0.15) is 16.1 Å². The summed E-state index contributed by atoms with van der Waals surface area (Å²) in [5, 5.41) is 14.2. The van der Waals surface area contributed by atoms with E-state index in [1.54, 1.807) is 12.1 Å². The lowest BCUT2D eigenvalue weighted by Gasteiger charge is -2.01. The molecule has 0 fully saturated rings. The molecule has 1 aromatic heterocycles. The quantitative estimate of drug-likeness (QED) is 0.838. The monoisotopic (exact) mass is 234 g/mol. The normalized spacial score (nSPS) is 10.1. The highest BCUT2D eigenvalue weighted by atomic mass is 32.1. The van der Waals surface area contributed by atoms with Gasteiger partial charge in [-0.1, -0.05) is 0 Å². The summed E-state index contributed by atoms with van der Waals surface area (Å²) in [7, 11) is 0. The van der Waals surface area contributed by atoms with Crippen molar-refractivity contribution in [2.75, 3.05) is 5.32 Å². The fourth-order valence-corrected chi connectivity index (χ4v) is 1.88. The van der Waals surface area contributed by atoms with Crippen LogP contribution in [0.5, 0.6) is 5.75 Å². The number of aromatic hydroxyl groups is 1. The molecule has 2 rings (SSSR count). The van der Waals surface area contributed by atoms with E-state index >= 15 is 0 Å². The van der Waals surface area contributed by atoms with E-state index < -0.39 is 0 Å². The summed E-state index contributed by atoms with van der Waals surface area (Å²) in [4.78, 5) is 15.8. The molecule has 1 aromatic carbocycles. The Balaban J connectivity index is 2.11. The van der Waals surface area contributed by atoms with E-state index in [0.29, 0.717) is 10.7 Å². The van der Waals surface area contributed by atoms with Crippen molar-refractivity contribution in [1.82, 2.24) is 4.98 Å². The SMILES string of the molecule is Cc1csc(NC(=O)c2ccc(O)cc2)n1. The summed E-state index contributed by atoms with van der Waals surface area (Å²) in [6, 6.07) is 6.07. The number of phenolic OH excluding ortho intramolecular Hbond substituents is 1. The van der Waals surface area contributed by atoms with E-state index in [-0.39, 0.29) is 11.7 Å². The van der Waals surface area contributed by atoms with Crippen LogP contribution < -0.4 is 5.32 Å². The van der Waals surface area contributed by atoms with Crippen LogP contribution in [0.15, 0.2) is 29.6 Å². The van der Waals surface area contributed by atoms with Gasteiger partial charge in [0.25, 0.3) is 5.91 Å². The predicted molar refractivity (Wildman–Crippen MR) is 62.9 cm³/mol. The van der Waals surface area contributed by atoms with Gasteiger partial charge in [0.1, 0.15) is 5.75 Å². The van der Waals surface area contributed by atoms with Crippen LogP contribution in [-0.4, -0.2) is 16.0 Å². The number of rotatable bonds is 2. The maximum absolute atomic E-state index is 11.7. The summed E-state index contributed by atoms with van der Waals surface area (Å²) < 4.78 is 0. The number of nitrogens with zero attached hydrogens (tertiary/aromatic N) is 1. The van der Waals surface area contributed by atoms with Gasteiger partial charge in [-0.25, -0.2) is 4.98 Å². The van der Waals surface area contributed by atoms with Crippen LogP contribution >= 0.6 is 11.3 Å². The van der Waals surface area contributed by atoms with Crippen LogP contribution in [0.4, 0.5) is 5.13 Å². The molecule has 0 atom stereocenters. The van der Waals surface area contributed by atoms with Gasteiger partial charge in [-0.05, 0) is 31.2 Å². The summed E-state index contributed by atoms with van der Waals surface area (Å²) >= 11 is 1.38. The zero-order valence-corrected chi connectivity index (χ0v) is 9.41. The van der Waals surface area contributed by atoms with Crippen molar-refractivity contribution in [3.63, 3.8) is 0 Å². The molecule has 5 heteroatoms. The van der Waals surface area contributed by atoms with Gasteiger partial charge < -0.3 is 5.11 Å². The average molecular weight is 234 g/mol. The van der Waals surface area contributed by atoms with Crippen LogP contribution in [0, 0.1) is 6.92 Å². The number of hydrogen-bond acceptors (Lipinski definition) is 4. The zero-order valence-electron chi connectivity index (χ0n) is 8.60. The lowest BCUT2D eigenvalue weighted by Crippen LogP contribution is -2.11. The Hall–Kier alpha value is -1.88. The molecule has 2 N–H and O–H groups in total. The van der Waals surface area contributed by atoms with Crippen molar-refractivity contribution < 1.29 is 9.90 Å². The van der Waals surface area contributed by atoms with Crippen molar-refractivity contribution in [2.45, 2.75) is 6.92 Å². The highest BCUT2D eigenvalue weighted by molar-refractivity contribution is 7.13. The van der Waals surface area contributed by atoms with E-state index in [2.05, 4.69) is 10.3 Å². The molecule has 2 aromatic rings. The zero-order chi connectivity index (χ0) is 11.5. The van der Waals surface area contributed by atoms with Crippen LogP contribution in [0.25, 0.3) is 0 Å². The minimum atomic E-state index is -0.227. The second-order valence-corrected chi connectivity index (χ2v) is 4.15. The number of anilines is 1. The van der Waals surface area contributed by atoms with Gasteiger partial charge in [0, 0.05) is 10.9 Å². The van der Waals surface area contributed by atoms with Crippen LogP contribution in [0.2, 0.25) is 0 Å². The van der Waals surface area contributed by atoms with Crippen molar-refractivity contribution in [3.8, 4) is 5.75 Å². The first-order valence-corrected chi connectivity index (χ1v) is 5.55. The third kappa shape index (κ3) is 2.38. The summed E-state index contributed by atoms with van der Waals surface area (Å²) in [5.41, 5.74) is 1.37. The number of carbonyl (C=O) groups excluding carboxylic acids is 1. The van der Waals surface area contributed by atoms with E-state index in [9.17, 15) is 4.79 Å². The van der Waals surface area contributed by atoms with Crippen molar-refractivity contribution in [3.05, 3.63) is 40.9 Å². The molecule has 16 heavy (non-hydrogen) atoms. The van der Waals surface area contributed by atoms with Gasteiger partial charge in [-0.15, -0.1) is 11.3 Å². The third-order valence-corrected chi connectivity index (χ3v) is 2.84. The molecular formula is C11H10N2O2S. The van der Waals surface area contributed by atoms with Gasteiger partial charge in [-0.2, -0.15) is 0 Å². The summed E-state index contributed by atoms with van der Waals surface area (Å²) in [5.74, 6) is -0.0870. The first-order valence-electron chi connectivity index (χ1n) is 4.67. The number of aromatic nitrogens is 1. The lowest BCUT2D eigenvalue weighted by atomic mass is 10.2. The molecule has 4 nitrogen and oxygen atoms in total. The molecule has 0 saturated heterocycles. The topological polar surface area (TPSA) is 62.2 Å². The Kier molecular flexibility index (Phi) is 2.87. The Morgan fingerprint density at radius 2 is 2.06 bits per heavy atom. The Morgan fingerprint density at radius 1 is 1.38 bits per heavy atom. The molecule has 1 heterocycles. The summed E-state index contributed by atoms with van der Waals surface area (Å²) in [6.45, 7) is 1.87. The lowest BCUT2D eigenvalue weighted by molar-refractivity contribution is 0.102. The summed E-state index contributed by atoms with van der Waals surface area (Å²) in [6.07, 6.45) is 0. The molecule has 1 amide bonds. The average Bonchev–Trinajstić information content (AvgIpc) is 2.65. The van der Waals surface area contributed by atoms with Crippen LogP contribution in [-0.2, 0) is 0 Å².